The molecule has 0 radical (unpaired) electrons. The molecule has 1 heterocycles. The van der Waals surface area contributed by atoms with Gasteiger partial charge in [0.15, 0.2) is 10.9 Å². The van der Waals surface area contributed by atoms with Crippen LogP contribution in [0.25, 0.3) is 0 Å². The average Bonchev–Trinajstić information content (AvgIpc) is 2.68. The highest BCUT2D eigenvalue weighted by atomic mass is 127. The maximum absolute atomic E-state index is 6.02. The Bertz CT molecular complexity index is 678. The van der Waals surface area contributed by atoms with Crippen LogP contribution in [-0.2, 0) is 0 Å². The zero-order valence-electron chi connectivity index (χ0n) is 12.2. The van der Waals surface area contributed by atoms with Gasteiger partial charge in [-0.15, -0.1) is 24.0 Å². The van der Waals surface area contributed by atoms with Gasteiger partial charge < -0.3 is 15.8 Å². The fourth-order valence-corrected chi connectivity index (χ4v) is 2.51. The van der Waals surface area contributed by atoms with Gasteiger partial charge in [-0.1, -0.05) is 42.1 Å². The van der Waals surface area contributed by atoms with Gasteiger partial charge in [0, 0.05) is 5.56 Å². The number of para-hydroxylation sites is 3. The Morgan fingerprint density at radius 1 is 1.18 bits per heavy atom. The molecular formula is C16H18IN3OS. The zero-order chi connectivity index (χ0) is 14.7. The lowest BCUT2D eigenvalue weighted by Gasteiger charge is -2.17. The van der Waals surface area contributed by atoms with E-state index in [0.717, 1.165) is 22.7 Å². The average molecular weight is 427 g/mol. The van der Waals surface area contributed by atoms with Crippen molar-refractivity contribution in [1.82, 2.24) is 0 Å². The number of hydrogen-bond donors (Lipinski definition) is 2. The Balaban J connectivity index is 0.00000176. The van der Waals surface area contributed by atoms with Crippen LogP contribution in [0.5, 0.6) is 11.5 Å². The second-order valence-electron chi connectivity index (χ2n) is 4.72. The summed E-state index contributed by atoms with van der Waals surface area (Å²) in [6, 6.07) is 16.0. The summed E-state index contributed by atoms with van der Waals surface area (Å²) in [4.78, 5) is 4.42. The van der Waals surface area contributed by atoms with Gasteiger partial charge in [-0.3, -0.25) is 4.99 Å². The van der Waals surface area contributed by atoms with Crippen LogP contribution in [0.2, 0.25) is 0 Å². The maximum atomic E-state index is 6.02. The first-order valence-electron chi connectivity index (χ1n) is 6.74. The molecule has 3 N–H and O–H groups in total. The van der Waals surface area contributed by atoms with Crippen LogP contribution in [0.1, 0.15) is 11.6 Å². The van der Waals surface area contributed by atoms with E-state index in [9.17, 15) is 0 Å². The summed E-state index contributed by atoms with van der Waals surface area (Å²) in [5.41, 5.74) is 7.86. The van der Waals surface area contributed by atoms with Crippen LogP contribution < -0.4 is 15.8 Å². The molecule has 2 aromatic rings. The Kier molecular flexibility index (Phi) is 5.96. The summed E-state index contributed by atoms with van der Waals surface area (Å²) in [5, 5.41) is 4.09. The number of nitrogens with one attached hydrogen (secondary N) is 1. The summed E-state index contributed by atoms with van der Waals surface area (Å²) >= 11 is 1.45. The highest BCUT2D eigenvalue weighted by molar-refractivity contribution is 14.0. The molecule has 0 amide bonds. The van der Waals surface area contributed by atoms with E-state index in [1.165, 1.54) is 11.8 Å². The van der Waals surface area contributed by atoms with Crippen LogP contribution in [-0.4, -0.2) is 18.0 Å². The molecule has 1 atom stereocenters. The molecule has 6 heteroatoms. The van der Waals surface area contributed by atoms with Crippen molar-refractivity contribution >= 4 is 46.6 Å². The molecule has 0 bridgehead atoms. The van der Waals surface area contributed by atoms with Crippen LogP contribution in [0, 0.1) is 0 Å². The van der Waals surface area contributed by atoms with Crippen molar-refractivity contribution in [2.75, 3.05) is 18.1 Å². The third kappa shape index (κ3) is 3.67. The molecule has 0 aromatic heterocycles. The molecule has 0 saturated carbocycles. The van der Waals surface area contributed by atoms with Gasteiger partial charge >= 0.3 is 0 Å². The number of fused-ring (bicyclic) bond motifs is 2. The van der Waals surface area contributed by atoms with E-state index < -0.39 is 0 Å². The minimum atomic E-state index is 0. The van der Waals surface area contributed by atoms with E-state index in [2.05, 4.69) is 16.4 Å². The van der Waals surface area contributed by atoms with Crippen LogP contribution >= 0.6 is 35.7 Å². The molecule has 0 aliphatic carbocycles. The number of aliphatic imine (C=N–C) groups is 1. The van der Waals surface area contributed by atoms with Gasteiger partial charge in [0.1, 0.15) is 5.75 Å². The van der Waals surface area contributed by atoms with Crippen LogP contribution in [0.15, 0.2) is 53.5 Å². The lowest BCUT2D eigenvalue weighted by Crippen LogP contribution is -2.16. The molecule has 1 aliphatic heterocycles. The largest absolute Gasteiger partial charge is 0.455 e. The van der Waals surface area contributed by atoms with E-state index in [1.54, 1.807) is 0 Å². The zero-order valence-corrected chi connectivity index (χ0v) is 15.3. The van der Waals surface area contributed by atoms with Gasteiger partial charge in [-0.05, 0) is 24.5 Å². The van der Waals surface area contributed by atoms with Gasteiger partial charge in [0.25, 0.3) is 0 Å². The highest BCUT2D eigenvalue weighted by Crippen LogP contribution is 2.39. The number of amidine groups is 1. The molecule has 0 saturated heterocycles. The monoisotopic (exact) mass is 427 g/mol. The van der Waals surface area contributed by atoms with Gasteiger partial charge in [0.2, 0.25) is 0 Å². The Labute approximate surface area is 151 Å². The van der Waals surface area contributed by atoms with E-state index in [-0.39, 0.29) is 30.0 Å². The predicted octanol–water partition coefficient (Wildman–Crippen LogP) is 4.24. The smallest absolute Gasteiger partial charge is 0.153 e. The van der Waals surface area contributed by atoms with Gasteiger partial charge in [-0.25, -0.2) is 0 Å². The summed E-state index contributed by atoms with van der Waals surface area (Å²) in [6.45, 7) is 0.571. The molecule has 116 valence electrons. The lowest BCUT2D eigenvalue weighted by atomic mass is 10.1. The Morgan fingerprint density at radius 3 is 2.64 bits per heavy atom. The molecule has 22 heavy (non-hydrogen) atoms. The number of ether oxygens (including phenoxy) is 1. The van der Waals surface area contributed by atoms with Crippen molar-refractivity contribution in [2.24, 2.45) is 10.7 Å². The van der Waals surface area contributed by atoms with Crippen molar-refractivity contribution in [2.45, 2.75) is 6.04 Å². The van der Waals surface area contributed by atoms with Crippen molar-refractivity contribution in [3.63, 3.8) is 0 Å². The van der Waals surface area contributed by atoms with E-state index in [1.807, 2.05) is 48.7 Å². The molecule has 1 unspecified atom stereocenters. The normalized spacial score (nSPS) is 16.2. The quantitative estimate of drug-likeness (QED) is 0.428. The minimum absolute atomic E-state index is 0. The fourth-order valence-electron chi connectivity index (χ4n) is 2.31. The van der Waals surface area contributed by atoms with Crippen molar-refractivity contribution in [3.8, 4) is 11.5 Å². The third-order valence-electron chi connectivity index (χ3n) is 3.37. The molecule has 0 spiro atoms. The summed E-state index contributed by atoms with van der Waals surface area (Å²) in [5.74, 6) is 1.69. The molecule has 2 aromatic carbocycles. The summed E-state index contributed by atoms with van der Waals surface area (Å²) < 4.78 is 6.02. The predicted molar refractivity (Wildman–Crippen MR) is 105 cm³/mol. The third-order valence-corrected chi connectivity index (χ3v) is 3.92. The molecule has 4 nitrogen and oxygen atoms in total. The number of nitrogens with zero attached hydrogens (tertiary/aromatic N) is 1. The second-order valence-corrected chi connectivity index (χ2v) is 5.54. The number of thioether (sulfide) groups is 1. The number of anilines is 1. The number of hydrogen-bond acceptors (Lipinski definition) is 4. The van der Waals surface area contributed by atoms with Gasteiger partial charge in [0.05, 0.1) is 18.3 Å². The van der Waals surface area contributed by atoms with E-state index in [4.69, 9.17) is 10.5 Å². The first-order valence-corrected chi connectivity index (χ1v) is 7.96. The maximum Gasteiger partial charge on any atom is 0.153 e. The van der Waals surface area contributed by atoms with Gasteiger partial charge in [-0.2, -0.15) is 0 Å². The fraction of sp³-hybridized carbons (Fsp3) is 0.188. The first kappa shape index (κ1) is 17.0. The number of nitrogens with two attached hydrogens (primary N) is 1. The SMILES string of the molecule is CSC(N)=NCC1Nc2ccccc2Oc2ccccc21.I. The topological polar surface area (TPSA) is 59.6 Å². The second kappa shape index (κ2) is 7.73. The standard InChI is InChI=1S/C16H17N3OS.HI/c1-21-16(17)18-10-13-11-6-2-4-8-14(11)20-15-9-5-3-7-12(15)19-13;/h2-9,13,19H,10H2,1H3,(H2,17,18);1H. The van der Waals surface area contributed by atoms with Crippen LogP contribution in [0.4, 0.5) is 5.69 Å². The summed E-state index contributed by atoms with van der Waals surface area (Å²) in [7, 11) is 0. The van der Waals surface area contributed by atoms with Crippen molar-refractivity contribution in [1.29, 1.82) is 0 Å². The Morgan fingerprint density at radius 2 is 1.86 bits per heavy atom. The molecule has 1 aliphatic rings. The molecule has 3 rings (SSSR count). The van der Waals surface area contributed by atoms with E-state index in [0.29, 0.717) is 11.7 Å². The number of benzene rings is 2. The van der Waals surface area contributed by atoms with Crippen LogP contribution in [0.3, 0.4) is 0 Å². The summed E-state index contributed by atoms with van der Waals surface area (Å²) in [6.07, 6.45) is 1.92. The van der Waals surface area contributed by atoms with Crippen molar-refractivity contribution < 1.29 is 4.74 Å². The highest BCUT2D eigenvalue weighted by Gasteiger charge is 2.21. The lowest BCUT2D eigenvalue weighted by molar-refractivity contribution is 0.482. The number of rotatable bonds is 2. The first-order chi connectivity index (χ1) is 10.3. The molecular weight excluding hydrogens is 409 g/mol. The number of halogens is 1. The van der Waals surface area contributed by atoms with Crippen molar-refractivity contribution in [3.05, 3.63) is 54.1 Å². The Hall–Kier alpha value is -1.41. The van der Waals surface area contributed by atoms with E-state index >= 15 is 0 Å². The molecule has 0 fully saturated rings. The minimum Gasteiger partial charge on any atom is -0.455 e.